The Morgan fingerprint density at radius 2 is 1.88 bits per heavy atom. The van der Waals surface area contributed by atoms with Crippen LogP contribution in [0.5, 0.6) is 5.75 Å². The second-order valence-electron chi connectivity index (χ2n) is 5.39. The summed E-state index contributed by atoms with van der Waals surface area (Å²) < 4.78 is 10.3. The molecule has 0 spiro atoms. The molecule has 0 aliphatic heterocycles. The lowest BCUT2D eigenvalue weighted by Gasteiger charge is -2.06. The number of ether oxygens (including phenoxy) is 2. The van der Waals surface area contributed by atoms with E-state index in [1.54, 1.807) is 13.3 Å². The van der Waals surface area contributed by atoms with Gasteiger partial charge < -0.3 is 19.8 Å². The zero-order valence-corrected chi connectivity index (χ0v) is 13.9. The van der Waals surface area contributed by atoms with Crippen LogP contribution in [0.3, 0.4) is 0 Å². The Balaban J connectivity index is 1.50. The fourth-order valence-electron chi connectivity index (χ4n) is 2.30. The number of hydrogen-bond donors (Lipinski definition) is 2. The highest BCUT2D eigenvalue weighted by atomic mass is 16.5. The van der Waals surface area contributed by atoms with Gasteiger partial charge in [0.25, 0.3) is 0 Å². The molecule has 0 atom stereocenters. The van der Waals surface area contributed by atoms with Crippen LogP contribution in [0.1, 0.15) is 11.4 Å². The Morgan fingerprint density at radius 3 is 2.60 bits per heavy atom. The molecular formula is C19H19N3O3. The summed E-state index contributed by atoms with van der Waals surface area (Å²) in [5.74, 6) is 1.45. The Kier molecular flexibility index (Phi) is 5.31. The lowest BCUT2D eigenvalue weighted by Crippen LogP contribution is -2.24. The van der Waals surface area contributed by atoms with Crippen LogP contribution in [0.25, 0.3) is 11.3 Å². The highest BCUT2D eigenvalue weighted by Gasteiger charge is 2.07. The standard InChI is InChI=1S/C19H19N3O3/c1-24-16-9-7-15(8-10-16)17-11-20-18(22-17)12-21-19(23)25-13-14-5-3-2-4-6-14/h2-11H,12-13H2,1H3,(H,20,22)(H,21,23). The van der Waals surface area contributed by atoms with E-state index in [-0.39, 0.29) is 13.2 Å². The summed E-state index contributed by atoms with van der Waals surface area (Å²) in [5.41, 5.74) is 2.81. The number of amides is 1. The van der Waals surface area contributed by atoms with Gasteiger partial charge in [0, 0.05) is 0 Å². The van der Waals surface area contributed by atoms with E-state index in [2.05, 4.69) is 15.3 Å². The molecule has 0 bridgehead atoms. The average molecular weight is 337 g/mol. The van der Waals surface area contributed by atoms with Crippen LogP contribution < -0.4 is 10.1 Å². The van der Waals surface area contributed by atoms with E-state index in [0.717, 1.165) is 22.6 Å². The maximum atomic E-state index is 11.7. The lowest BCUT2D eigenvalue weighted by molar-refractivity contribution is 0.139. The molecule has 2 aromatic carbocycles. The van der Waals surface area contributed by atoms with Crippen molar-refractivity contribution in [2.75, 3.05) is 7.11 Å². The van der Waals surface area contributed by atoms with Crippen LogP contribution >= 0.6 is 0 Å². The summed E-state index contributed by atoms with van der Waals surface area (Å²) in [5, 5.41) is 2.68. The average Bonchev–Trinajstić information content (AvgIpc) is 3.14. The molecule has 0 aliphatic rings. The summed E-state index contributed by atoms with van der Waals surface area (Å²) in [7, 11) is 1.63. The van der Waals surface area contributed by atoms with Gasteiger partial charge in [0.05, 0.1) is 25.5 Å². The number of carbonyl (C=O) groups is 1. The van der Waals surface area contributed by atoms with Crippen LogP contribution in [0, 0.1) is 0 Å². The van der Waals surface area contributed by atoms with Crippen molar-refractivity contribution in [1.82, 2.24) is 15.3 Å². The second-order valence-corrected chi connectivity index (χ2v) is 5.39. The zero-order chi connectivity index (χ0) is 17.5. The first kappa shape index (κ1) is 16.6. The minimum atomic E-state index is -0.480. The number of imidazole rings is 1. The third kappa shape index (κ3) is 4.60. The molecule has 1 amide bonds. The molecule has 25 heavy (non-hydrogen) atoms. The third-order valence-corrected chi connectivity index (χ3v) is 3.64. The molecular weight excluding hydrogens is 318 g/mol. The largest absolute Gasteiger partial charge is 0.497 e. The number of rotatable bonds is 6. The fraction of sp³-hybridized carbons (Fsp3) is 0.158. The molecule has 2 N–H and O–H groups in total. The summed E-state index contributed by atoms with van der Waals surface area (Å²) >= 11 is 0. The molecule has 0 saturated heterocycles. The summed E-state index contributed by atoms with van der Waals surface area (Å²) in [6.45, 7) is 0.506. The molecule has 6 heteroatoms. The Morgan fingerprint density at radius 1 is 1.12 bits per heavy atom. The maximum Gasteiger partial charge on any atom is 0.407 e. The molecule has 0 fully saturated rings. The van der Waals surface area contributed by atoms with Gasteiger partial charge in [0.15, 0.2) is 0 Å². The van der Waals surface area contributed by atoms with Crippen molar-refractivity contribution in [3.05, 3.63) is 72.2 Å². The molecule has 0 unspecified atom stereocenters. The van der Waals surface area contributed by atoms with Crippen LogP contribution in [-0.2, 0) is 17.9 Å². The molecule has 1 heterocycles. The number of nitrogens with one attached hydrogen (secondary N) is 2. The number of aromatic nitrogens is 2. The number of alkyl carbamates (subject to hydrolysis) is 1. The number of benzene rings is 2. The van der Waals surface area contributed by atoms with Gasteiger partial charge in [0.1, 0.15) is 18.2 Å². The quantitative estimate of drug-likeness (QED) is 0.722. The smallest absolute Gasteiger partial charge is 0.407 e. The predicted molar refractivity (Wildman–Crippen MR) is 94.0 cm³/mol. The Bertz CT molecular complexity index is 813. The third-order valence-electron chi connectivity index (χ3n) is 3.64. The van der Waals surface area contributed by atoms with E-state index >= 15 is 0 Å². The molecule has 0 saturated carbocycles. The minimum absolute atomic E-state index is 0.238. The van der Waals surface area contributed by atoms with Gasteiger partial charge in [-0.1, -0.05) is 30.3 Å². The van der Waals surface area contributed by atoms with Crippen molar-refractivity contribution < 1.29 is 14.3 Å². The van der Waals surface area contributed by atoms with Gasteiger partial charge in [0.2, 0.25) is 0 Å². The van der Waals surface area contributed by atoms with Gasteiger partial charge in [-0.05, 0) is 35.4 Å². The van der Waals surface area contributed by atoms with E-state index in [4.69, 9.17) is 9.47 Å². The maximum absolute atomic E-state index is 11.7. The molecule has 3 aromatic rings. The van der Waals surface area contributed by atoms with Gasteiger partial charge >= 0.3 is 6.09 Å². The molecule has 0 radical (unpaired) electrons. The first-order chi connectivity index (χ1) is 12.2. The van der Waals surface area contributed by atoms with Gasteiger partial charge in [-0.25, -0.2) is 9.78 Å². The number of nitrogens with zero attached hydrogens (tertiary/aromatic N) is 1. The SMILES string of the molecule is COc1ccc(-c2cnc(CNC(=O)OCc3ccccc3)[nH]2)cc1. The number of hydrogen-bond acceptors (Lipinski definition) is 4. The van der Waals surface area contributed by atoms with E-state index in [1.807, 2.05) is 54.6 Å². The molecule has 128 valence electrons. The van der Waals surface area contributed by atoms with Crippen LogP contribution in [-0.4, -0.2) is 23.2 Å². The van der Waals surface area contributed by atoms with Crippen LogP contribution in [0.2, 0.25) is 0 Å². The van der Waals surface area contributed by atoms with Gasteiger partial charge in [-0.3, -0.25) is 0 Å². The van der Waals surface area contributed by atoms with Crippen molar-refractivity contribution in [3.8, 4) is 17.0 Å². The fourth-order valence-corrected chi connectivity index (χ4v) is 2.30. The van der Waals surface area contributed by atoms with Crippen LogP contribution in [0.4, 0.5) is 4.79 Å². The summed E-state index contributed by atoms with van der Waals surface area (Å²) in [6, 6.07) is 17.2. The Hall–Kier alpha value is -3.28. The number of carbonyl (C=O) groups excluding carboxylic acids is 1. The summed E-state index contributed by atoms with van der Waals surface area (Å²) in [4.78, 5) is 19.2. The normalized spacial score (nSPS) is 10.3. The Labute approximate surface area is 145 Å². The lowest BCUT2D eigenvalue weighted by atomic mass is 10.2. The highest BCUT2D eigenvalue weighted by molar-refractivity contribution is 5.67. The van der Waals surface area contributed by atoms with Gasteiger partial charge in [-0.2, -0.15) is 0 Å². The zero-order valence-electron chi connectivity index (χ0n) is 13.9. The first-order valence-electron chi connectivity index (χ1n) is 7.87. The number of aromatic amines is 1. The van der Waals surface area contributed by atoms with E-state index in [9.17, 15) is 4.79 Å². The van der Waals surface area contributed by atoms with Crippen molar-refractivity contribution in [1.29, 1.82) is 0 Å². The molecule has 1 aromatic heterocycles. The minimum Gasteiger partial charge on any atom is -0.497 e. The van der Waals surface area contributed by atoms with E-state index in [1.165, 1.54) is 0 Å². The van der Waals surface area contributed by atoms with Crippen molar-refractivity contribution >= 4 is 6.09 Å². The van der Waals surface area contributed by atoms with Crippen molar-refractivity contribution in [3.63, 3.8) is 0 Å². The van der Waals surface area contributed by atoms with Crippen molar-refractivity contribution in [2.45, 2.75) is 13.2 Å². The van der Waals surface area contributed by atoms with E-state index in [0.29, 0.717) is 5.82 Å². The van der Waals surface area contributed by atoms with Gasteiger partial charge in [-0.15, -0.1) is 0 Å². The molecule has 6 nitrogen and oxygen atoms in total. The van der Waals surface area contributed by atoms with E-state index < -0.39 is 6.09 Å². The highest BCUT2D eigenvalue weighted by Crippen LogP contribution is 2.20. The monoisotopic (exact) mass is 337 g/mol. The predicted octanol–water partition coefficient (Wildman–Crippen LogP) is 3.51. The topological polar surface area (TPSA) is 76.2 Å². The molecule has 0 aliphatic carbocycles. The summed E-state index contributed by atoms with van der Waals surface area (Å²) in [6.07, 6.45) is 1.25. The van der Waals surface area contributed by atoms with Crippen molar-refractivity contribution in [2.24, 2.45) is 0 Å². The van der Waals surface area contributed by atoms with Crippen LogP contribution in [0.15, 0.2) is 60.8 Å². The second kappa shape index (κ2) is 8.01. The number of methoxy groups -OCH3 is 1. The molecule has 3 rings (SSSR count). The first-order valence-corrected chi connectivity index (χ1v) is 7.87. The number of H-pyrrole nitrogens is 1.